The fraction of sp³-hybridized carbons (Fsp3) is 0.115. The van der Waals surface area contributed by atoms with Crippen molar-refractivity contribution in [3.05, 3.63) is 89.4 Å². The topological polar surface area (TPSA) is 148 Å². The number of hydrogen-bond acceptors (Lipinski definition) is 6. The Morgan fingerprint density at radius 2 is 1.59 bits per heavy atom. The maximum atomic E-state index is 15.9. The molecule has 0 saturated carbocycles. The SMILES string of the molecule is CC(C)(O)c1nccc(-c2ccc(F)c(N(C(N)=O)c3ccc(C(N)=O)c(-c4ccc(F)cc4F)n3)c2F)n1. The fourth-order valence-corrected chi connectivity index (χ4v) is 3.74. The number of pyridine rings is 1. The Balaban J connectivity index is 1.93. The summed E-state index contributed by atoms with van der Waals surface area (Å²) in [4.78, 5) is 37.0. The Morgan fingerprint density at radius 1 is 0.897 bits per heavy atom. The smallest absolute Gasteiger partial charge is 0.325 e. The first kappa shape index (κ1) is 27.1. The third-order valence-electron chi connectivity index (χ3n) is 5.55. The number of benzene rings is 2. The lowest BCUT2D eigenvalue weighted by molar-refractivity contribution is 0.0688. The Morgan fingerprint density at radius 3 is 2.21 bits per heavy atom. The van der Waals surface area contributed by atoms with Gasteiger partial charge in [-0.2, -0.15) is 0 Å². The summed E-state index contributed by atoms with van der Waals surface area (Å²) in [5.41, 5.74) is 7.00. The third kappa shape index (κ3) is 5.25. The first-order valence-corrected chi connectivity index (χ1v) is 11.2. The van der Waals surface area contributed by atoms with Crippen molar-refractivity contribution in [3.8, 4) is 22.5 Å². The van der Waals surface area contributed by atoms with Crippen molar-refractivity contribution in [1.82, 2.24) is 15.0 Å². The van der Waals surface area contributed by atoms with E-state index in [1.165, 1.54) is 26.1 Å². The van der Waals surface area contributed by atoms with Gasteiger partial charge in [-0.05, 0) is 56.3 Å². The highest BCUT2D eigenvalue weighted by Gasteiger charge is 2.29. The van der Waals surface area contributed by atoms with Crippen LogP contribution in [0.5, 0.6) is 0 Å². The van der Waals surface area contributed by atoms with E-state index >= 15 is 8.78 Å². The average molecular weight is 540 g/mol. The second kappa shape index (κ2) is 10.1. The molecule has 2 heterocycles. The normalized spacial score (nSPS) is 11.4. The Bertz CT molecular complexity index is 1620. The van der Waals surface area contributed by atoms with E-state index in [0.29, 0.717) is 11.0 Å². The predicted octanol–water partition coefficient (Wildman–Crippen LogP) is 4.31. The van der Waals surface area contributed by atoms with Crippen molar-refractivity contribution in [2.75, 3.05) is 4.90 Å². The maximum Gasteiger partial charge on any atom is 0.325 e. The van der Waals surface area contributed by atoms with E-state index in [1.54, 1.807) is 0 Å². The molecule has 0 spiro atoms. The number of rotatable bonds is 6. The minimum absolute atomic E-state index is 0.0450. The molecule has 39 heavy (non-hydrogen) atoms. The fourth-order valence-electron chi connectivity index (χ4n) is 3.74. The summed E-state index contributed by atoms with van der Waals surface area (Å²) in [6.45, 7) is 2.83. The summed E-state index contributed by atoms with van der Waals surface area (Å²) in [5, 5.41) is 10.2. The number of amides is 3. The van der Waals surface area contributed by atoms with Crippen LogP contribution in [0.15, 0.2) is 54.7 Å². The number of aromatic nitrogens is 3. The zero-order valence-corrected chi connectivity index (χ0v) is 20.4. The predicted molar refractivity (Wildman–Crippen MR) is 132 cm³/mol. The highest BCUT2D eigenvalue weighted by Crippen LogP contribution is 2.37. The Kier molecular flexibility index (Phi) is 7.03. The van der Waals surface area contributed by atoms with Crippen LogP contribution in [0, 0.1) is 23.3 Å². The van der Waals surface area contributed by atoms with Gasteiger partial charge in [-0.3, -0.25) is 4.79 Å². The van der Waals surface area contributed by atoms with Crippen LogP contribution in [-0.4, -0.2) is 32.0 Å². The quantitative estimate of drug-likeness (QED) is 0.311. The molecule has 0 aliphatic rings. The maximum absolute atomic E-state index is 15.9. The highest BCUT2D eigenvalue weighted by atomic mass is 19.1. The molecule has 9 nitrogen and oxygen atoms in total. The molecule has 0 saturated heterocycles. The summed E-state index contributed by atoms with van der Waals surface area (Å²) in [6, 6.07) is 6.34. The minimum Gasteiger partial charge on any atom is -0.382 e. The van der Waals surface area contributed by atoms with E-state index in [9.17, 15) is 23.5 Å². The summed E-state index contributed by atoms with van der Waals surface area (Å²) in [6.07, 6.45) is 1.26. The molecule has 3 amide bonds. The molecule has 0 unspecified atom stereocenters. The van der Waals surface area contributed by atoms with Crippen LogP contribution in [0.4, 0.5) is 33.9 Å². The molecule has 0 fully saturated rings. The van der Waals surface area contributed by atoms with Crippen LogP contribution in [0.1, 0.15) is 30.0 Å². The van der Waals surface area contributed by atoms with Crippen molar-refractivity contribution >= 4 is 23.4 Å². The van der Waals surface area contributed by atoms with Crippen LogP contribution >= 0.6 is 0 Å². The third-order valence-corrected chi connectivity index (χ3v) is 5.55. The van der Waals surface area contributed by atoms with Gasteiger partial charge in [-0.15, -0.1) is 0 Å². The van der Waals surface area contributed by atoms with Crippen molar-refractivity contribution in [2.24, 2.45) is 11.5 Å². The summed E-state index contributed by atoms with van der Waals surface area (Å²) < 4.78 is 59.0. The molecule has 0 atom stereocenters. The van der Waals surface area contributed by atoms with Gasteiger partial charge in [-0.1, -0.05) is 0 Å². The van der Waals surface area contributed by atoms with Gasteiger partial charge in [0.1, 0.15) is 34.6 Å². The van der Waals surface area contributed by atoms with Gasteiger partial charge >= 0.3 is 6.03 Å². The minimum atomic E-state index is -1.48. The highest BCUT2D eigenvalue weighted by molar-refractivity contribution is 6.02. The number of carbonyl (C=O) groups excluding carboxylic acids is 2. The van der Waals surface area contributed by atoms with E-state index in [-0.39, 0.29) is 28.2 Å². The molecule has 4 aromatic rings. The molecule has 5 N–H and O–H groups in total. The molecular formula is C26H20F4N6O3. The largest absolute Gasteiger partial charge is 0.382 e. The van der Waals surface area contributed by atoms with E-state index in [2.05, 4.69) is 15.0 Å². The van der Waals surface area contributed by atoms with Crippen LogP contribution in [0.25, 0.3) is 22.5 Å². The number of carbonyl (C=O) groups is 2. The van der Waals surface area contributed by atoms with Crippen molar-refractivity contribution in [1.29, 1.82) is 0 Å². The Labute approximate surface area is 218 Å². The first-order valence-electron chi connectivity index (χ1n) is 11.2. The zero-order chi connectivity index (χ0) is 28.6. The summed E-state index contributed by atoms with van der Waals surface area (Å²) in [7, 11) is 0. The molecular weight excluding hydrogens is 520 g/mol. The van der Waals surface area contributed by atoms with Gasteiger partial charge in [0, 0.05) is 23.4 Å². The number of urea groups is 1. The molecule has 0 bridgehead atoms. The number of anilines is 2. The van der Waals surface area contributed by atoms with Gasteiger partial charge in [0.2, 0.25) is 0 Å². The molecule has 4 rings (SSSR count). The number of hydrogen-bond donors (Lipinski definition) is 3. The lowest BCUT2D eigenvalue weighted by Gasteiger charge is -2.23. The summed E-state index contributed by atoms with van der Waals surface area (Å²) >= 11 is 0. The van der Waals surface area contributed by atoms with Gasteiger partial charge in [0.05, 0.1) is 17.0 Å². The molecule has 2 aromatic heterocycles. The van der Waals surface area contributed by atoms with Gasteiger partial charge in [0.15, 0.2) is 11.6 Å². The zero-order valence-electron chi connectivity index (χ0n) is 20.4. The van der Waals surface area contributed by atoms with E-state index in [1.807, 2.05) is 0 Å². The van der Waals surface area contributed by atoms with E-state index in [4.69, 9.17) is 11.5 Å². The molecule has 0 radical (unpaired) electrons. The monoisotopic (exact) mass is 540 g/mol. The number of nitrogens with two attached hydrogens (primary N) is 2. The van der Waals surface area contributed by atoms with Crippen molar-refractivity contribution < 1.29 is 32.3 Å². The van der Waals surface area contributed by atoms with E-state index < -0.39 is 58.0 Å². The van der Waals surface area contributed by atoms with Crippen LogP contribution in [-0.2, 0) is 5.60 Å². The molecule has 0 aliphatic carbocycles. The number of aliphatic hydroxyl groups is 1. The number of primary amides is 2. The lowest BCUT2D eigenvalue weighted by atomic mass is 10.0. The van der Waals surface area contributed by atoms with Crippen molar-refractivity contribution in [3.63, 3.8) is 0 Å². The second-order valence-corrected chi connectivity index (χ2v) is 8.81. The second-order valence-electron chi connectivity index (χ2n) is 8.81. The first-order chi connectivity index (χ1) is 18.3. The number of halogens is 4. The van der Waals surface area contributed by atoms with Crippen LogP contribution in [0.3, 0.4) is 0 Å². The van der Waals surface area contributed by atoms with Gasteiger partial charge < -0.3 is 16.6 Å². The van der Waals surface area contributed by atoms with Crippen LogP contribution in [0.2, 0.25) is 0 Å². The molecule has 2 aromatic carbocycles. The van der Waals surface area contributed by atoms with E-state index in [0.717, 1.165) is 36.4 Å². The lowest BCUT2D eigenvalue weighted by Crippen LogP contribution is -2.34. The van der Waals surface area contributed by atoms with Crippen LogP contribution < -0.4 is 16.4 Å². The summed E-state index contributed by atoms with van der Waals surface area (Å²) in [5.74, 6) is -6.10. The molecule has 13 heteroatoms. The average Bonchev–Trinajstić information content (AvgIpc) is 2.85. The van der Waals surface area contributed by atoms with Gasteiger partial charge in [0.25, 0.3) is 5.91 Å². The van der Waals surface area contributed by atoms with Gasteiger partial charge in [-0.25, -0.2) is 42.2 Å². The number of nitrogens with zero attached hydrogens (tertiary/aromatic N) is 4. The Hall–Kier alpha value is -4.91. The molecule has 0 aliphatic heterocycles. The molecule has 200 valence electrons. The van der Waals surface area contributed by atoms with Crippen molar-refractivity contribution in [2.45, 2.75) is 19.4 Å². The standard InChI is InChI=1S/C26H20F4N6O3/c1-26(2,39)24-33-10-9-18(34-24)14-5-7-16(28)22(20(14)30)36(25(32)38)19-8-6-15(23(31)37)21(35-19)13-4-3-12(27)11-17(13)29/h3-11,39H,1-2H3,(H2,31,37)(H2,32,38).